The summed E-state index contributed by atoms with van der Waals surface area (Å²) in [6, 6.07) is 0. The van der Waals surface area contributed by atoms with Crippen molar-refractivity contribution in [1.82, 2.24) is 10.6 Å². The minimum Gasteiger partial charge on any atom is -0.383 e. The molecule has 0 atom stereocenters. The van der Waals surface area contributed by atoms with Gasteiger partial charge in [0.15, 0.2) is 0 Å². The van der Waals surface area contributed by atoms with E-state index in [-0.39, 0.29) is 23.7 Å². The number of rotatable bonds is 8. The van der Waals surface area contributed by atoms with Gasteiger partial charge in [0.05, 0.1) is 6.61 Å². The zero-order valence-electron chi connectivity index (χ0n) is 10.8. The van der Waals surface area contributed by atoms with Gasteiger partial charge in [-0.1, -0.05) is 20.8 Å². The first-order valence-corrected chi connectivity index (χ1v) is 5.52. The van der Waals surface area contributed by atoms with Crippen LogP contribution in [-0.4, -0.2) is 39.3 Å². The molecule has 0 heterocycles. The second-order valence-electron chi connectivity index (χ2n) is 4.24. The summed E-state index contributed by atoms with van der Waals surface area (Å²) < 4.78 is 4.89. The van der Waals surface area contributed by atoms with Crippen LogP contribution in [0.3, 0.4) is 0 Å². The zero-order valence-corrected chi connectivity index (χ0v) is 11.6. The summed E-state index contributed by atoms with van der Waals surface area (Å²) in [4.78, 5) is 11.6. The molecule has 0 fully saturated rings. The molecule has 2 N–H and O–H groups in total. The topological polar surface area (TPSA) is 50.4 Å². The molecule has 0 aliphatic heterocycles. The predicted molar refractivity (Wildman–Crippen MR) is 69.1 cm³/mol. The summed E-state index contributed by atoms with van der Waals surface area (Å²) in [6.07, 6.45) is 0.857. The molecule has 98 valence electrons. The van der Waals surface area contributed by atoms with E-state index in [9.17, 15) is 4.79 Å². The highest BCUT2D eigenvalue weighted by atomic mass is 35.5. The van der Waals surface area contributed by atoms with Gasteiger partial charge in [0, 0.05) is 32.2 Å². The van der Waals surface area contributed by atoms with Gasteiger partial charge in [-0.15, -0.1) is 12.4 Å². The maximum Gasteiger partial charge on any atom is 0.225 e. The molecule has 0 unspecified atom stereocenters. The van der Waals surface area contributed by atoms with Gasteiger partial charge < -0.3 is 15.4 Å². The van der Waals surface area contributed by atoms with Gasteiger partial charge in [0.1, 0.15) is 0 Å². The Labute approximate surface area is 105 Å². The first-order valence-electron chi connectivity index (χ1n) is 5.52. The highest BCUT2D eigenvalue weighted by molar-refractivity contribution is 5.85. The highest BCUT2D eigenvalue weighted by Crippen LogP contribution is 2.18. The summed E-state index contributed by atoms with van der Waals surface area (Å²) in [7, 11) is 1.67. The van der Waals surface area contributed by atoms with Crippen molar-refractivity contribution >= 4 is 18.3 Å². The Hall–Kier alpha value is -0.320. The Balaban J connectivity index is 0. The third-order valence-corrected chi connectivity index (χ3v) is 2.57. The summed E-state index contributed by atoms with van der Waals surface area (Å²) in [5.74, 6) is 0.124. The Kier molecular flexibility index (Phi) is 11.1. The molecule has 0 bridgehead atoms. The molecule has 0 radical (unpaired) electrons. The molecule has 0 saturated heterocycles. The van der Waals surface area contributed by atoms with Crippen molar-refractivity contribution < 1.29 is 9.53 Å². The Bertz CT molecular complexity index is 187. The van der Waals surface area contributed by atoms with Crippen LogP contribution in [0.25, 0.3) is 0 Å². The van der Waals surface area contributed by atoms with E-state index in [0.29, 0.717) is 13.2 Å². The number of amides is 1. The van der Waals surface area contributed by atoms with Crippen LogP contribution in [0.15, 0.2) is 0 Å². The van der Waals surface area contributed by atoms with Crippen LogP contribution >= 0.6 is 12.4 Å². The van der Waals surface area contributed by atoms with Gasteiger partial charge in [-0.3, -0.25) is 4.79 Å². The third kappa shape index (κ3) is 7.91. The summed E-state index contributed by atoms with van der Waals surface area (Å²) in [6.45, 7) is 8.93. The van der Waals surface area contributed by atoms with E-state index in [1.165, 1.54) is 0 Å². The highest BCUT2D eigenvalue weighted by Gasteiger charge is 2.24. The molecular formula is C11H25ClN2O2. The van der Waals surface area contributed by atoms with Crippen molar-refractivity contribution in [2.75, 3.05) is 33.4 Å². The van der Waals surface area contributed by atoms with Crippen LogP contribution in [0, 0.1) is 5.41 Å². The van der Waals surface area contributed by atoms with Gasteiger partial charge in [0.2, 0.25) is 5.91 Å². The number of methoxy groups -OCH3 is 1. The SMILES string of the molecule is CCC(C)(C)C(=O)NCCNCCOC.Cl. The maximum atomic E-state index is 11.6. The number of nitrogens with one attached hydrogen (secondary N) is 2. The van der Waals surface area contributed by atoms with Gasteiger partial charge >= 0.3 is 0 Å². The first-order chi connectivity index (χ1) is 7.04. The number of ether oxygens (including phenoxy) is 1. The van der Waals surface area contributed by atoms with E-state index in [2.05, 4.69) is 10.6 Å². The molecule has 4 nitrogen and oxygen atoms in total. The Morgan fingerprint density at radius 3 is 2.38 bits per heavy atom. The first kappa shape index (κ1) is 18.1. The minimum absolute atomic E-state index is 0. The molecule has 0 spiro atoms. The monoisotopic (exact) mass is 252 g/mol. The number of halogens is 1. The van der Waals surface area contributed by atoms with E-state index in [4.69, 9.17) is 4.74 Å². The quantitative estimate of drug-likeness (QED) is 0.639. The fraction of sp³-hybridized carbons (Fsp3) is 0.909. The number of carbonyl (C=O) groups is 1. The molecule has 16 heavy (non-hydrogen) atoms. The summed E-state index contributed by atoms with van der Waals surface area (Å²) in [5, 5.41) is 6.08. The fourth-order valence-corrected chi connectivity index (χ4v) is 0.963. The van der Waals surface area contributed by atoms with Gasteiger partial charge in [-0.05, 0) is 6.42 Å². The van der Waals surface area contributed by atoms with Crippen LogP contribution in [-0.2, 0) is 9.53 Å². The van der Waals surface area contributed by atoms with Crippen molar-refractivity contribution in [3.05, 3.63) is 0 Å². The van der Waals surface area contributed by atoms with Gasteiger partial charge in [0.25, 0.3) is 0 Å². The third-order valence-electron chi connectivity index (χ3n) is 2.57. The predicted octanol–water partition coefficient (Wildman–Crippen LogP) is 1.20. The number of hydrogen-bond acceptors (Lipinski definition) is 3. The van der Waals surface area contributed by atoms with Crippen LogP contribution in [0.5, 0.6) is 0 Å². The van der Waals surface area contributed by atoms with Gasteiger partial charge in [-0.2, -0.15) is 0 Å². The van der Waals surface area contributed by atoms with Crippen LogP contribution in [0.1, 0.15) is 27.2 Å². The Morgan fingerprint density at radius 2 is 1.88 bits per heavy atom. The smallest absolute Gasteiger partial charge is 0.225 e. The fourth-order valence-electron chi connectivity index (χ4n) is 0.963. The lowest BCUT2D eigenvalue weighted by Crippen LogP contribution is -2.40. The molecule has 0 aromatic heterocycles. The van der Waals surface area contributed by atoms with E-state index < -0.39 is 0 Å². The number of hydrogen-bond donors (Lipinski definition) is 2. The van der Waals surface area contributed by atoms with Crippen LogP contribution < -0.4 is 10.6 Å². The molecule has 0 aromatic carbocycles. The number of carbonyl (C=O) groups excluding carboxylic acids is 1. The second-order valence-corrected chi connectivity index (χ2v) is 4.24. The average molecular weight is 253 g/mol. The molecule has 0 saturated carbocycles. The van der Waals surface area contributed by atoms with Crippen molar-refractivity contribution in [2.24, 2.45) is 5.41 Å². The van der Waals surface area contributed by atoms with Crippen molar-refractivity contribution in [1.29, 1.82) is 0 Å². The van der Waals surface area contributed by atoms with E-state index in [0.717, 1.165) is 19.5 Å². The molecule has 0 aliphatic carbocycles. The summed E-state index contributed by atoms with van der Waals surface area (Å²) in [5.41, 5.74) is -0.257. The van der Waals surface area contributed by atoms with E-state index in [1.54, 1.807) is 7.11 Å². The molecule has 5 heteroatoms. The Morgan fingerprint density at radius 1 is 1.25 bits per heavy atom. The van der Waals surface area contributed by atoms with Crippen molar-refractivity contribution in [2.45, 2.75) is 27.2 Å². The normalized spacial score (nSPS) is 10.8. The zero-order chi connectivity index (χ0) is 11.7. The largest absolute Gasteiger partial charge is 0.383 e. The van der Waals surface area contributed by atoms with Crippen LogP contribution in [0.2, 0.25) is 0 Å². The lowest BCUT2D eigenvalue weighted by atomic mass is 9.89. The van der Waals surface area contributed by atoms with Crippen molar-refractivity contribution in [3.8, 4) is 0 Å². The maximum absolute atomic E-state index is 11.6. The van der Waals surface area contributed by atoms with Crippen molar-refractivity contribution in [3.63, 3.8) is 0 Å². The van der Waals surface area contributed by atoms with E-state index >= 15 is 0 Å². The average Bonchev–Trinajstić information content (AvgIpc) is 2.22. The molecule has 0 aromatic rings. The minimum atomic E-state index is -0.257. The second kappa shape index (κ2) is 9.87. The van der Waals surface area contributed by atoms with Crippen LogP contribution in [0.4, 0.5) is 0 Å². The molecule has 0 aliphatic rings. The van der Waals surface area contributed by atoms with E-state index in [1.807, 2.05) is 20.8 Å². The standard InChI is InChI=1S/C11H24N2O2.ClH/c1-5-11(2,3)10(14)13-7-6-12-8-9-15-4;/h12H,5-9H2,1-4H3,(H,13,14);1H. The van der Waals surface area contributed by atoms with Gasteiger partial charge in [-0.25, -0.2) is 0 Å². The lowest BCUT2D eigenvalue weighted by molar-refractivity contribution is -0.129. The summed E-state index contributed by atoms with van der Waals surface area (Å²) >= 11 is 0. The molecular weight excluding hydrogens is 228 g/mol. The molecule has 0 rings (SSSR count). The molecule has 1 amide bonds. The lowest BCUT2D eigenvalue weighted by Gasteiger charge is -2.21.